The van der Waals surface area contributed by atoms with Crippen molar-refractivity contribution in [2.45, 2.75) is 23.8 Å². The molecule has 0 radical (unpaired) electrons. The largest absolute Gasteiger partial charge is 0.395 e. The van der Waals surface area contributed by atoms with E-state index in [9.17, 15) is 13.2 Å². The van der Waals surface area contributed by atoms with E-state index >= 15 is 0 Å². The van der Waals surface area contributed by atoms with Gasteiger partial charge in [-0.25, -0.2) is 13.4 Å². The first-order valence-electron chi connectivity index (χ1n) is 8.84. The fourth-order valence-corrected chi connectivity index (χ4v) is 5.16. The molecule has 156 valence electrons. The predicted molar refractivity (Wildman–Crippen MR) is 109 cm³/mol. The maximum absolute atomic E-state index is 13.2. The molecule has 1 amide bonds. The zero-order chi connectivity index (χ0) is 21.2. The molecule has 1 fully saturated rings. The van der Waals surface area contributed by atoms with Crippen LogP contribution in [0.3, 0.4) is 0 Å². The molecule has 29 heavy (non-hydrogen) atoms. The second-order valence-electron chi connectivity index (χ2n) is 6.46. The van der Waals surface area contributed by atoms with Crippen LogP contribution in [0, 0.1) is 0 Å². The average Bonchev–Trinajstić information content (AvgIpc) is 3.18. The highest BCUT2D eigenvalue weighted by Crippen LogP contribution is 2.33. The number of amides is 1. The van der Waals surface area contributed by atoms with Gasteiger partial charge in [-0.05, 0) is 25.0 Å². The van der Waals surface area contributed by atoms with Crippen LogP contribution in [-0.4, -0.2) is 60.4 Å². The Bertz CT molecular complexity index is 1070. The summed E-state index contributed by atoms with van der Waals surface area (Å²) in [4.78, 5) is 20.3. The van der Waals surface area contributed by atoms with E-state index in [1.165, 1.54) is 22.6 Å². The molecule has 0 bridgehead atoms. The molecule has 1 aromatic heterocycles. The highest BCUT2D eigenvalue weighted by Gasteiger charge is 2.39. The molecule has 0 aliphatic carbocycles. The molecule has 2 heterocycles. The molecule has 1 aliphatic rings. The Morgan fingerprint density at radius 1 is 1.38 bits per heavy atom. The van der Waals surface area contributed by atoms with Crippen LogP contribution in [0.1, 0.15) is 12.8 Å². The zero-order valence-corrected chi connectivity index (χ0v) is 16.9. The van der Waals surface area contributed by atoms with Crippen LogP contribution >= 0.6 is 11.6 Å². The monoisotopic (exact) mass is 440 g/mol. The number of pyridine rings is 1. The number of fused-ring (bicyclic) bond motifs is 1. The van der Waals surface area contributed by atoms with E-state index in [1.54, 1.807) is 6.07 Å². The number of nitrogens with two attached hydrogens (primary N) is 2. The van der Waals surface area contributed by atoms with Gasteiger partial charge in [-0.1, -0.05) is 17.7 Å². The first-order valence-corrected chi connectivity index (χ1v) is 10.7. The van der Waals surface area contributed by atoms with Crippen molar-refractivity contribution in [3.63, 3.8) is 0 Å². The van der Waals surface area contributed by atoms with E-state index in [1.807, 2.05) is 0 Å². The van der Waals surface area contributed by atoms with E-state index in [-0.39, 0.29) is 36.4 Å². The maximum Gasteiger partial charge on any atom is 0.243 e. The Kier molecular flexibility index (Phi) is 6.22. The van der Waals surface area contributed by atoms with E-state index in [4.69, 9.17) is 28.2 Å². The maximum atomic E-state index is 13.2. The minimum atomic E-state index is -3.98. The van der Waals surface area contributed by atoms with Crippen LogP contribution in [0.25, 0.3) is 10.8 Å². The minimum absolute atomic E-state index is 0.0250. The lowest BCUT2D eigenvalue weighted by atomic mass is 10.1. The third-order valence-electron chi connectivity index (χ3n) is 4.55. The summed E-state index contributed by atoms with van der Waals surface area (Å²) in [6.45, 7) is 0.0502. The quantitative estimate of drug-likeness (QED) is 0.364. The SMILES string of the molecule is NC(N)=Nc1ncc(Cl)c2ccc(S(=O)(=O)N3CCCC3C(=O)NCCO)cc12. The van der Waals surface area contributed by atoms with E-state index in [2.05, 4.69) is 15.3 Å². The fourth-order valence-electron chi connectivity index (χ4n) is 3.27. The van der Waals surface area contributed by atoms with E-state index < -0.39 is 22.0 Å². The molecule has 10 nitrogen and oxygen atoms in total. The fraction of sp³-hybridized carbons (Fsp3) is 0.353. The smallest absolute Gasteiger partial charge is 0.243 e. The van der Waals surface area contributed by atoms with Crippen molar-refractivity contribution in [1.82, 2.24) is 14.6 Å². The number of aliphatic imine (C=N–C) groups is 1. The van der Waals surface area contributed by atoms with Crippen LogP contribution in [-0.2, 0) is 14.8 Å². The standard InChI is InChI=1S/C17H21ClN6O4S/c18-13-9-22-15(23-17(19)20)12-8-10(3-4-11(12)13)29(27,28)24-6-1-2-14(24)16(26)21-5-7-25/h3-4,8-9,14,25H,1-2,5-7H2,(H,21,26)(H4,19,20,22,23). The molecule has 6 N–H and O–H groups in total. The summed E-state index contributed by atoms with van der Waals surface area (Å²) < 4.78 is 27.7. The predicted octanol–water partition coefficient (Wildman–Crippen LogP) is 0.0547. The molecule has 2 aromatic rings. The molecule has 1 aliphatic heterocycles. The molecule has 1 aromatic carbocycles. The molecule has 1 atom stereocenters. The number of aromatic nitrogens is 1. The van der Waals surface area contributed by atoms with Crippen LogP contribution in [0.15, 0.2) is 34.3 Å². The first-order chi connectivity index (χ1) is 13.8. The highest BCUT2D eigenvalue weighted by molar-refractivity contribution is 7.89. The van der Waals surface area contributed by atoms with Crippen LogP contribution < -0.4 is 16.8 Å². The van der Waals surface area contributed by atoms with Crippen molar-refractivity contribution < 1.29 is 18.3 Å². The molecule has 1 saturated heterocycles. The summed E-state index contributed by atoms with van der Waals surface area (Å²) in [6, 6.07) is 3.53. The number of sulfonamides is 1. The number of benzene rings is 1. The average molecular weight is 441 g/mol. The normalized spacial score (nSPS) is 17.4. The molecule has 0 spiro atoms. The van der Waals surface area contributed by atoms with Gasteiger partial charge in [0.15, 0.2) is 11.8 Å². The van der Waals surface area contributed by atoms with Crippen molar-refractivity contribution in [3.05, 3.63) is 29.4 Å². The van der Waals surface area contributed by atoms with Gasteiger partial charge in [-0.15, -0.1) is 0 Å². The van der Waals surface area contributed by atoms with Gasteiger partial charge in [0.1, 0.15) is 6.04 Å². The molecule has 1 unspecified atom stereocenters. The Labute approximate surface area is 172 Å². The third kappa shape index (κ3) is 4.27. The van der Waals surface area contributed by atoms with Crippen LogP contribution in [0.4, 0.5) is 5.82 Å². The number of halogens is 1. The van der Waals surface area contributed by atoms with Crippen molar-refractivity contribution in [2.24, 2.45) is 16.5 Å². The number of hydrogen-bond donors (Lipinski definition) is 4. The Morgan fingerprint density at radius 2 is 2.14 bits per heavy atom. The van der Waals surface area contributed by atoms with E-state index in [0.29, 0.717) is 28.6 Å². The van der Waals surface area contributed by atoms with Gasteiger partial charge < -0.3 is 21.9 Å². The first kappa shape index (κ1) is 21.2. The molecular formula is C17H21ClN6O4S. The lowest BCUT2D eigenvalue weighted by Gasteiger charge is -2.23. The van der Waals surface area contributed by atoms with Gasteiger partial charge in [-0.2, -0.15) is 9.30 Å². The van der Waals surface area contributed by atoms with Gasteiger partial charge in [0.05, 0.1) is 16.5 Å². The lowest BCUT2D eigenvalue weighted by Crippen LogP contribution is -2.46. The Morgan fingerprint density at radius 3 is 2.83 bits per heavy atom. The summed E-state index contributed by atoms with van der Waals surface area (Å²) in [5, 5.41) is 12.6. The third-order valence-corrected chi connectivity index (χ3v) is 6.75. The summed E-state index contributed by atoms with van der Waals surface area (Å²) in [5.74, 6) is -0.526. The zero-order valence-electron chi connectivity index (χ0n) is 15.4. The Hall–Kier alpha value is -2.47. The number of aliphatic hydroxyl groups is 1. The van der Waals surface area contributed by atoms with Gasteiger partial charge in [-0.3, -0.25) is 4.79 Å². The minimum Gasteiger partial charge on any atom is -0.395 e. The van der Waals surface area contributed by atoms with Gasteiger partial charge in [0.2, 0.25) is 15.9 Å². The number of nitrogens with zero attached hydrogens (tertiary/aromatic N) is 3. The number of nitrogens with one attached hydrogen (secondary N) is 1. The van der Waals surface area contributed by atoms with Gasteiger partial charge >= 0.3 is 0 Å². The van der Waals surface area contributed by atoms with Crippen molar-refractivity contribution in [2.75, 3.05) is 19.7 Å². The number of guanidine groups is 1. The van der Waals surface area contributed by atoms with Gasteiger partial charge in [0.25, 0.3) is 0 Å². The van der Waals surface area contributed by atoms with Crippen molar-refractivity contribution in [3.8, 4) is 0 Å². The second-order valence-corrected chi connectivity index (χ2v) is 8.76. The topological polar surface area (TPSA) is 164 Å². The second kappa shape index (κ2) is 8.49. The molecule has 0 saturated carbocycles. The number of aliphatic hydroxyl groups excluding tert-OH is 1. The number of rotatable bonds is 6. The summed E-state index contributed by atoms with van der Waals surface area (Å²) in [7, 11) is -3.98. The number of carbonyl (C=O) groups excluding carboxylic acids is 1. The van der Waals surface area contributed by atoms with E-state index in [0.717, 1.165) is 0 Å². The molecule has 12 heteroatoms. The van der Waals surface area contributed by atoms with Gasteiger partial charge in [0, 0.05) is 30.1 Å². The summed E-state index contributed by atoms with van der Waals surface area (Å²) >= 11 is 6.17. The molecule has 3 rings (SSSR count). The van der Waals surface area contributed by atoms with Crippen molar-refractivity contribution >= 4 is 50.1 Å². The van der Waals surface area contributed by atoms with Crippen molar-refractivity contribution in [1.29, 1.82) is 0 Å². The summed E-state index contributed by atoms with van der Waals surface area (Å²) in [6.07, 6.45) is 2.33. The number of hydrogen-bond acceptors (Lipinski definition) is 6. The van der Waals surface area contributed by atoms with Crippen LogP contribution in [0.2, 0.25) is 5.02 Å². The Balaban J connectivity index is 2.04. The van der Waals surface area contributed by atoms with Crippen LogP contribution in [0.5, 0.6) is 0 Å². The highest BCUT2D eigenvalue weighted by atomic mass is 35.5. The summed E-state index contributed by atoms with van der Waals surface area (Å²) in [5.41, 5.74) is 10.9. The molecular weight excluding hydrogens is 420 g/mol. The number of carbonyl (C=O) groups is 1. The lowest BCUT2D eigenvalue weighted by molar-refractivity contribution is -0.124.